The van der Waals surface area contributed by atoms with E-state index in [1.165, 1.54) is 6.20 Å². The van der Waals surface area contributed by atoms with Gasteiger partial charge in [0.2, 0.25) is 0 Å². The van der Waals surface area contributed by atoms with Gasteiger partial charge in [-0.3, -0.25) is 15.2 Å². The van der Waals surface area contributed by atoms with Gasteiger partial charge in [0.15, 0.2) is 0 Å². The Morgan fingerprint density at radius 1 is 1.73 bits per heavy atom. The molecule has 9 heteroatoms. The minimum Gasteiger partial charge on any atom is -0.384 e. The van der Waals surface area contributed by atoms with Crippen LogP contribution in [-0.2, 0) is 10.2 Å². The third kappa shape index (κ3) is 2.92. The van der Waals surface area contributed by atoms with Crippen LogP contribution in [0.3, 0.4) is 0 Å². The SMILES string of the molecule is CCNS(=O)(=O)Nc1[nH]ncc1C(=N)N. The van der Waals surface area contributed by atoms with Gasteiger partial charge in [0, 0.05) is 6.54 Å². The zero-order valence-electron chi connectivity index (χ0n) is 8.03. The predicted molar refractivity (Wildman–Crippen MR) is 55.8 cm³/mol. The van der Waals surface area contributed by atoms with Crippen LogP contribution in [0.4, 0.5) is 5.82 Å². The molecule has 0 aliphatic rings. The van der Waals surface area contributed by atoms with Crippen molar-refractivity contribution < 1.29 is 8.42 Å². The van der Waals surface area contributed by atoms with Crippen LogP contribution in [0.15, 0.2) is 6.20 Å². The molecule has 0 atom stereocenters. The van der Waals surface area contributed by atoms with E-state index in [1.54, 1.807) is 6.92 Å². The van der Waals surface area contributed by atoms with Crippen molar-refractivity contribution in [2.24, 2.45) is 5.73 Å². The van der Waals surface area contributed by atoms with E-state index in [1.807, 2.05) is 0 Å². The fourth-order valence-electron chi connectivity index (χ4n) is 0.929. The first-order valence-electron chi connectivity index (χ1n) is 4.11. The molecular formula is C6H12N6O2S. The molecule has 1 heterocycles. The molecule has 8 nitrogen and oxygen atoms in total. The van der Waals surface area contributed by atoms with Crippen molar-refractivity contribution in [2.45, 2.75) is 6.92 Å². The molecule has 0 bridgehead atoms. The third-order valence-corrected chi connectivity index (χ3v) is 2.64. The molecule has 0 amide bonds. The standard InChI is InChI=1S/C6H12N6O2S/c1-2-10-15(13,14)12-6-4(5(7)8)3-9-11-6/h3,10H,2H2,1H3,(H3,7,8)(H2,9,11,12). The van der Waals surface area contributed by atoms with Gasteiger partial charge in [-0.05, 0) is 0 Å². The minimum absolute atomic E-state index is 0.0726. The Hall–Kier alpha value is -1.61. The molecule has 0 aliphatic heterocycles. The fourth-order valence-corrected chi connectivity index (χ4v) is 1.81. The average molecular weight is 232 g/mol. The maximum absolute atomic E-state index is 11.3. The monoisotopic (exact) mass is 232 g/mol. The molecule has 1 aromatic rings. The second-order valence-electron chi connectivity index (χ2n) is 2.68. The van der Waals surface area contributed by atoms with Gasteiger partial charge in [0.25, 0.3) is 10.2 Å². The van der Waals surface area contributed by atoms with E-state index < -0.39 is 10.2 Å². The fraction of sp³-hybridized carbons (Fsp3) is 0.333. The summed E-state index contributed by atoms with van der Waals surface area (Å²) in [6.07, 6.45) is 1.27. The molecule has 1 rings (SSSR count). The molecule has 0 unspecified atom stereocenters. The number of amidine groups is 1. The lowest BCUT2D eigenvalue weighted by atomic mass is 10.3. The molecule has 0 radical (unpaired) electrons. The van der Waals surface area contributed by atoms with Gasteiger partial charge in [-0.1, -0.05) is 6.92 Å². The Balaban J connectivity index is 2.90. The summed E-state index contributed by atoms with van der Waals surface area (Å²) in [6.45, 7) is 1.91. The number of nitrogens with zero attached hydrogens (tertiary/aromatic N) is 1. The van der Waals surface area contributed by atoms with Crippen molar-refractivity contribution in [1.29, 1.82) is 5.41 Å². The second-order valence-corrected chi connectivity index (χ2v) is 4.18. The number of nitrogens with one attached hydrogen (secondary N) is 4. The number of aromatic nitrogens is 2. The summed E-state index contributed by atoms with van der Waals surface area (Å²) in [5.41, 5.74) is 5.42. The maximum Gasteiger partial charge on any atom is 0.300 e. The van der Waals surface area contributed by atoms with Crippen LogP contribution in [0.5, 0.6) is 0 Å². The van der Waals surface area contributed by atoms with Crippen molar-refractivity contribution in [3.63, 3.8) is 0 Å². The summed E-state index contributed by atoms with van der Waals surface area (Å²) < 4.78 is 27.0. The van der Waals surface area contributed by atoms with Gasteiger partial charge in [-0.15, -0.1) is 0 Å². The lowest BCUT2D eigenvalue weighted by Crippen LogP contribution is -2.30. The Kier molecular flexibility index (Phi) is 3.27. The van der Waals surface area contributed by atoms with Crippen LogP contribution in [0, 0.1) is 5.41 Å². The molecule has 84 valence electrons. The summed E-state index contributed by atoms with van der Waals surface area (Å²) in [5, 5.41) is 13.2. The van der Waals surface area contributed by atoms with E-state index in [2.05, 4.69) is 19.6 Å². The van der Waals surface area contributed by atoms with Gasteiger partial charge in [0.05, 0.1) is 11.8 Å². The van der Waals surface area contributed by atoms with Crippen LogP contribution < -0.4 is 15.2 Å². The second kappa shape index (κ2) is 4.28. The topological polar surface area (TPSA) is 137 Å². The van der Waals surface area contributed by atoms with E-state index >= 15 is 0 Å². The number of nitrogens with two attached hydrogens (primary N) is 1. The van der Waals surface area contributed by atoms with Gasteiger partial charge >= 0.3 is 0 Å². The Morgan fingerprint density at radius 2 is 2.40 bits per heavy atom. The smallest absolute Gasteiger partial charge is 0.300 e. The average Bonchev–Trinajstić information content (AvgIpc) is 2.50. The summed E-state index contributed by atoms with van der Waals surface area (Å²) >= 11 is 0. The Labute approximate surface area is 86.9 Å². The third-order valence-electron chi connectivity index (χ3n) is 1.50. The molecule has 6 N–H and O–H groups in total. The number of hydrogen-bond acceptors (Lipinski definition) is 4. The highest BCUT2D eigenvalue weighted by Crippen LogP contribution is 2.10. The van der Waals surface area contributed by atoms with Gasteiger partial charge in [0.1, 0.15) is 11.7 Å². The van der Waals surface area contributed by atoms with Crippen molar-refractivity contribution in [1.82, 2.24) is 14.9 Å². The zero-order valence-corrected chi connectivity index (χ0v) is 8.85. The van der Waals surface area contributed by atoms with E-state index in [9.17, 15) is 8.42 Å². The van der Waals surface area contributed by atoms with Crippen LogP contribution in [0.25, 0.3) is 0 Å². The molecule has 0 fully saturated rings. The normalized spacial score (nSPS) is 11.3. The van der Waals surface area contributed by atoms with Crippen LogP contribution in [-0.4, -0.2) is 31.0 Å². The number of aromatic amines is 1. The number of H-pyrrole nitrogens is 1. The zero-order chi connectivity index (χ0) is 11.5. The Morgan fingerprint density at radius 3 is 2.93 bits per heavy atom. The summed E-state index contributed by atoms with van der Waals surface area (Å²) in [6, 6.07) is 0. The van der Waals surface area contributed by atoms with Gasteiger partial charge in [-0.2, -0.15) is 18.2 Å². The quantitative estimate of drug-likeness (QED) is 0.327. The highest BCUT2D eigenvalue weighted by atomic mass is 32.2. The van der Waals surface area contributed by atoms with Crippen LogP contribution in [0.2, 0.25) is 0 Å². The summed E-state index contributed by atoms with van der Waals surface area (Å²) in [5.74, 6) is -0.193. The van der Waals surface area contributed by atoms with Crippen molar-refractivity contribution in [3.8, 4) is 0 Å². The molecule has 15 heavy (non-hydrogen) atoms. The lowest BCUT2D eigenvalue weighted by Gasteiger charge is -2.06. The maximum atomic E-state index is 11.3. The van der Waals surface area contributed by atoms with Crippen molar-refractivity contribution >= 4 is 21.9 Å². The molecule has 0 saturated heterocycles. The van der Waals surface area contributed by atoms with Gasteiger partial charge < -0.3 is 5.73 Å². The number of nitrogen functional groups attached to an aromatic ring is 1. The molecule has 1 aromatic heterocycles. The highest BCUT2D eigenvalue weighted by molar-refractivity contribution is 7.90. The molecule has 0 aliphatic carbocycles. The van der Waals surface area contributed by atoms with E-state index in [4.69, 9.17) is 11.1 Å². The Bertz CT molecular complexity index is 450. The van der Waals surface area contributed by atoms with Crippen molar-refractivity contribution in [3.05, 3.63) is 11.8 Å². The van der Waals surface area contributed by atoms with Crippen molar-refractivity contribution in [2.75, 3.05) is 11.3 Å². The predicted octanol–water partition coefficient (Wildman–Crippen LogP) is -1.04. The minimum atomic E-state index is -3.63. The van der Waals surface area contributed by atoms with Gasteiger partial charge in [-0.25, -0.2) is 0 Å². The number of anilines is 1. The van der Waals surface area contributed by atoms with E-state index in [0.717, 1.165) is 0 Å². The first-order valence-corrected chi connectivity index (χ1v) is 5.59. The summed E-state index contributed by atoms with van der Waals surface area (Å²) in [4.78, 5) is 0. The number of hydrogen-bond donors (Lipinski definition) is 5. The van der Waals surface area contributed by atoms with E-state index in [0.29, 0.717) is 0 Å². The van der Waals surface area contributed by atoms with Crippen LogP contribution >= 0.6 is 0 Å². The first kappa shape index (κ1) is 11.5. The van der Waals surface area contributed by atoms with E-state index in [-0.39, 0.29) is 23.8 Å². The summed E-state index contributed by atoms with van der Waals surface area (Å²) in [7, 11) is -3.63. The van der Waals surface area contributed by atoms with Crippen LogP contribution in [0.1, 0.15) is 12.5 Å². The largest absolute Gasteiger partial charge is 0.384 e. The first-order chi connectivity index (χ1) is 6.96. The molecule has 0 aromatic carbocycles. The molecular weight excluding hydrogens is 220 g/mol. The molecule has 0 spiro atoms. The highest BCUT2D eigenvalue weighted by Gasteiger charge is 2.14. The number of rotatable bonds is 5. The molecule has 0 saturated carbocycles. The lowest BCUT2D eigenvalue weighted by molar-refractivity contribution is 0.589.